The molecule has 148 valence electrons. The van der Waals surface area contributed by atoms with E-state index in [1.54, 1.807) is 23.0 Å². The number of aromatic hydroxyl groups is 1. The summed E-state index contributed by atoms with van der Waals surface area (Å²) in [4.78, 5) is 22.5. The van der Waals surface area contributed by atoms with Crippen LogP contribution in [0.3, 0.4) is 0 Å². The number of phenols is 1. The summed E-state index contributed by atoms with van der Waals surface area (Å²) in [6.07, 6.45) is 2.76. The van der Waals surface area contributed by atoms with Crippen LogP contribution in [0.5, 0.6) is 5.75 Å². The Morgan fingerprint density at radius 1 is 1.34 bits per heavy atom. The Morgan fingerprint density at radius 2 is 2.07 bits per heavy atom. The van der Waals surface area contributed by atoms with Gasteiger partial charge < -0.3 is 5.11 Å². The third kappa shape index (κ3) is 5.18. The second-order valence-electron chi connectivity index (χ2n) is 5.85. The maximum atomic E-state index is 12.3. The van der Waals surface area contributed by atoms with Gasteiger partial charge in [0.2, 0.25) is 0 Å². The molecule has 0 saturated heterocycles. The highest BCUT2D eigenvalue weighted by atomic mass is 79.9. The molecule has 0 bridgehead atoms. The second kappa shape index (κ2) is 8.84. The Kier molecular flexibility index (Phi) is 6.25. The van der Waals surface area contributed by atoms with Crippen molar-refractivity contribution in [3.63, 3.8) is 0 Å². The number of hydrogen-bond donors (Lipinski definition) is 2. The average molecular weight is 479 g/mol. The molecule has 29 heavy (non-hydrogen) atoms. The zero-order valence-electron chi connectivity index (χ0n) is 14.6. The normalized spacial score (nSPS) is 11.0. The van der Waals surface area contributed by atoms with Crippen molar-refractivity contribution in [1.82, 2.24) is 15.2 Å². The van der Waals surface area contributed by atoms with Crippen LogP contribution in [-0.4, -0.2) is 31.9 Å². The lowest BCUT2D eigenvalue weighted by molar-refractivity contribution is -0.384. The molecule has 2 aromatic carbocycles. The number of hydrogen-bond acceptors (Lipinski definition) is 6. The van der Waals surface area contributed by atoms with Gasteiger partial charge in [-0.25, -0.2) is 5.43 Å². The minimum absolute atomic E-state index is 0.0897. The summed E-state index contributed by atoms with van der Waals surface area (Å²) in [6.45, 7) is 0.438. The van der Waals surface area contributed by atoms with Crippen molar-refractivity contribution in [1.29, 1.82) is 0 Å². The third-order valence-corrected chi connectivity index (χ3v) is 4.61. The molecular formula is C18H13BrClN5O4. The van der Waals surface area contributed by atoms with E-state index in [9.17, 15) is 20.0 Å². The predicted octanol–water partition coefficient (Wildman–Crippen LogP) is 3.73. The van der Waals surface area contributed by atoms with Crippen LogP contribution in [0.25, 0.3) is 0 Å². The summed E-state index contributed by atoms with van der Waals surface area (Å²) in [5, 5.41) is 29.1. The molecular weight excluding hydrogens is 466 g/mol. The van der Waals surface area contributed by atoms with Gasteiger partial charge in [-0.1, -0.05) is 23.7 Å². The molecule has 0 atom stereocenters. The van der Waals surface area contributed by atoms with E-state index >= 15 is 0 Å². The number of nitro benzene ring substituents is 1. The first kappa shape index (κ1) is 20.5. The molecule has 0 aliphatic heterocycles. The molecule has 11 heteroatoms. The molecule has 1 amide bonds. The number of amides is 1. The van der Waals surface area contributed by atoms with Crippen LogP contribution in [0.15, 0.2) is 58.2 Å². The molecule has 0 aliphatic carbocycles. The fraction of sp³-hybridized carbons (Fsp3) is 0.0556. The van der Waals surface area contributed by atoms with Crippen LogP contribution < -0.4 is 5.43 Å². The second-order valence-corrected chi connectivity index (χ2v) is 7.14. The first-order chi connectivity index (χ1) is 13.8. The highest BCUT2D eigenvalue weighted by Crippen LogP contribution is 2.21. The first-order valence-electron chi connectivity index (χ1n) is 8.11. The zero-order valence-corrected chi connectivity index (χ0v) is 17.0. The van der Waals surface area contributed by atoms with Crippen LogP contribution >= 0.6 is 27.5 Å². The summed E-state index contributed by atoms with van der Waals surface area (Å²) in [5.74, 6) is -0.796. The number of aromatic nitrogens is 2. The van der Waals surface area contributed by atoms with Gasteiger partial charge in [0.05, 0.1) is 22.2 Å². The largest absolute Gasteiger partial charge is 0.507 e. The van der Waals surface area contributed by atoms with E-state index in [-0.39, 0.29) is 22.7 Å². The summed E-state index contributed by atoms with van der Waals surface area (Å²) in [5.41, 5.74) is 3.22. The molecule has 0 radical (unpaired) electrons. The monoisotopic (exact) mass is 477 g/mol. The number of phenolic OH excluding ortho intramolecular Hbond substituents is 1. The molecule has 0 saturated carbocycles. The standard InChI is InChI=1S/C18H13BrClN5O4/c19-15-10-24(9-11-1-3-13(20)4-2-11)23-17(15)18(27)22-21-8-12-7-14(25(28)29)5-6-16(12)26/h1-8,10,26H,9H2,(H,22,27)/b21-8+. The maximum absolute atomic E-state index is 12.3. The Labute approximate surface area is 177 Å². The van der Waals surface area contributed by atoms with E-state index in [1.807, 2.05) is 12.1 Å². The van der Waals surface area contributed by atoms with Gasteiger partial charge in [0.15, 0.2) is 5.69 Å². The van der Waals surface area contributed by atoms with Gasteiger partial charge in [-0.3, -0.25) is 19.6 Å². The van der Waals surface area contributed by atoms with Gasteiger partial charge >= 0.3 is 0 Å². The zero-order chi connectivity index (χ0) is 21.0. The van der Waals surface area contributed by atoms with E-state index in [0.717, 1.165) is 23.9 Å². The van der Waals surface area contributed by atoms with Crippen molar-refractivity contribution in [3.8, 4) is 5.75 Å². The molecule has 1 heterocycles. The summed E-state index contributed by atoms with van der Waals surface area (Å²) in [7, 11) is 0. The number of nitrogens with one attached hydrogen (secondary N) is 1. The van der Waals surface area contributed by atoms with E-state index in [0.29, 0.717) is 16.0 Å². The number of halogens is 2. The van der Waals surface area contributed by atoms with Gasteiger partial charge in [0, 0.05) is 28.9 Å². The molecule has 0 aliphatic rings. The van der Waals surface area contributed by atoms with E-state index < -0.39 is 10.8 Å². The fourth-order valence-corrected chi connectivity index (χ4v) is 3.00. The lowest BCUT2D eigenvalue weighted by Gasteiger charge is -2.02. The van der Waals surface area contributed by atoms with Gasteiger partial charge in [-0.2, -0.15) is 10.2 Å². The summed E-state index contributed by atoms with van der Waals surface area (Å²) in [6, 6.07) is 10.7. The van der Waals surface area contributed by atoms with Crippen LogP contribution in [0.4, 0.5) is 5.69 Å². The Balaban J connectivity index is 1.69. The lowest BCUT2D eigenvalue weighted by Crippen LogP contribution is -2.19. The van der Waals surface area contributed by atoms with E-state index in [1.165, 1.54) is 6.07 Å². The number of benzene rings is 2. The van der Waals surface area contributed by atoms with Gasteiger partial charge in [0.25, 0.3) is 11.6 Å². The quantitative estimate of drug-likeness (QED) is 0.317. The van der Waals surface area contributed by atoms with Crippen molar-refractivity contribution < 1.29 is 14.8 Å². The average Bonchev–Trinajstić information content (AvgIpc) is 3.05. The van der Waals surface area contributed by atoms with Crippen molar-refractivity contribution in [2.75, 3.05) is 0 Å². The van der Waals surface area contributed by atoms with Crippen LogP contribution in [-0.2, 0) is 6.54 Å². The van der Waals surface area contributed by atoms with Crippen molar-refractivity contribution in [2.24, 2.45) is 5.10 Å². The highest BCUT2D eigenvalue weighted by Gasteiger charge is 2.15. The van der Waals surface area contributed by atoms with Crippen molar-refractivity contribution in [3.05, 3.63) is 85.1 Å². The maximum Gasteiger partial charge on any atom is 0.293 e. The molecule has 3 aromatic rings. The van der Waals surface area contributed by atoms with Crippen molar-refractivity contribution in [2.45, 2.75) is 6.54 Å². The number of rotatable bonds is 6. The molecule has 9 nitrogen and oxygen atoms in total. The summed E-state index contributed by atoms with van der Waals surface area (Å²) >= 11 is 9.15. The Hall–Kier alpha value is -3.24. The molecule has 0 fully saturated rings. The topological polar surface area (TPSA) is 123 Å². The number of carbonyl (C=O) groups excluding carboxylic acids is 1. The smallest absolute Gasteiger partial charge is 0.293 e. The lowest BCUT2D eigenvalue weighted by atomic mass is 10.2. The van der Waals surface area contributed by atoms with Crippen LogP contribution in [0, 0.1) is 10.1 Å². The van der Waals surface area contributed by atoms with E-state index in [2.05, 4.69) is 31.6 Å². The fourth-order valence-electron chi connectivity index (χ4n) is 2.38. The van der Waals surface area contributed by atoms with Crippen molar-refractivity contribution >= 4 is 45.3 Å². The Bertz CT molecular complexity index is 1100. The Morgan fingerprint density at radius 3 is 2.76 bits per heavy atom. The minimum Gasteiger partial charge on any atom is -0.507 e. The molecule has 3 rings (SSSR count). The third-order valence-electron chi connectivity index (χ3n) is 3.78. The van der Waals surface area contributed by atoms with Gasteiger partial charge in [0.1, 0.15) is 5.75 Å². The number of carbonyl (C=O) groups is 1. The van der Waals surface area contributed by atoms with Crippen LogP contribution in [0.1, 0.15) is 21.6 Å². The summed E-state index contributed by atoms with van der Waals surface area (Å²) < 4.78 is 2.05. The SMILES string of the molecule is O=C(N/N=C/c1cc([N+](=O)[O-])ccc1O)c1nn(Cc2ccc(Cl)cc2)cc1Br. The number of nitrogens with zero attached hydrogens (tertiary/aromatic N) is 4. The first-order valence-corrected chi connectivity index (χ1v) is 9.29. The molecule has 0 spiro atoms. The minimum atomic E-state index is -0.597. The van der Waals surface area contributed by atoms with Gasteiger partial charge in [-0.15, -0.1) is 0 Å². The molecule has 1 aromatic heterocycles. The highest BCUT2D eigenvalue weighted by molar-refractivity contribution is 9.10. The number of nitro groups is 1. The molecule has 2 N–H and O–H groups in total. The van der Waals surface area contributed by atoms with E-state index in [4.69, 9.17) is 11.6 Å². The van der Waals surface area contributed by atoms with Crippen LogP contribution in [0.2, 0.25) is 5.02 Å². The van der Waals surface area contributed by atoms with Gasteiger partial charge in [-0.05, 0) is 39.7 Å². The molecule has 0 unspecified atom stereocenters. The number of non-ortho nitro benzene ring substituents is 1. The predicted molar refractivity (Wildman–Crippen MR) is 110 cm³/mol. The number of hydrazone groups is 1.